The molecule has 2 aromatic rings. The highest BCUT2D eigenvalue weighted by Gasteiger charge is 2.28. The van der Waals surface area contributed by atoms with Crippen LogP contribution >= 0.6 is 0 Å². The number of hydrogen-bond donors (Lipinski definition) is 1. The van der Waals surface area contributed by atoms with Gasteiger partial charge in [0.2, 0.25) is 6.79 Å². The Bertz CT molecular complexity index is 1100. The molecule has 1 fully saturated rings. The first kappa shape index (κ1) is 26.4. The number of rotatable bonds is 9. The highest BCUT2D eigenvalue weighted by molar-refractivity contribution is 5.94. The van der Waals surface area contributed by atoms with Crippen LogP contribution in [-0.4, -0.2) is 47.8 Å². The van der Waals surface area contributed by atoms with Gasteiger partial charge in [0, 0.05) is 6.42 Å². The second-order valence-electron chi connectivity index (χ2n) is 8.13. The van der Waals surface area contributed by atoms with Crippen molar-refractivity contribution in [1.82, 2.24) is 0 Å². The molecular formula is C26H26O10. The molecular weight excluding hydrogens is 472 g/mol. The van der Waals surface area contributed by atoms with Crippen molar-refractivity contribution in [1.29, 1.82) is 0 Å². The van der Waals surface area contributed by atoms with Crippen molar-refractivity contribution in [3.63, 3.8) is 0 Å². The van der Waals surface area contributed by atoms with Gasteiger partial charge in [0.15, 0.2) is 0 Å². The zero-order valence-corrected chi connectivity index (χ0v) is 19.6. The van der Waals surface area contributed by atoms with Crippen molar-refractivity contribution < 1.29 is 48.0 Å². The Hall–Kier alpha value is -4.21. The van der Waals surface area contributed by atoms with Crippen LogP contribution in [0.3, 0.4) is 0 Å². The second-order valence-corrected chi connectivity index (χ2v) is 8.13. The molecule has 0 bridgehead atoms. The second kappa shape index (κ2) is 12.5. The number of aliphatic carboxylic acids is 1. The van der Waals surface area contributed by atoms with E-state index in [2.05, 4.69) is 4.74 Å². The zero-order chi connectivity index (χ0) is 26.1. The molecule has 0 aliphatic heterocycles. The molecule has 1 N–H and O–H groups in total. The maximum absolute atomic E-state index is 12.4. The lowest BCUT2D eigenvalue weighted by Gasteiger charge is -2.25. The number of benzene rings is 2. The minimum atomic E-state index is -0.824. The van der Waals surface area contributed by atoms with E-state index in [1.54, 1.807) is 6.92 Å². The maximum atomic E-state index is 12.4. The molecule has 1 saturated carbocycles. The zero-order valence-electron chi connectivity index (χ0n) is 19.6. The molecule has 1 aliphatic carbocycles. The van der Waals surface area contributed by atoms with Gasteiger partial charge in [0.05, 0.1) is 22.6 Å². The van der Waals surface area contributed by atoms with Gasteiger partial charge in [-0.3, -0.25) is 9.59 Å². The Morgan fingerprint density at radius 2 is 1.28 bits per heavy atom. The molecule has 0 unspecified atom stereocenters. The van der Waals surface area contributed by atoms with Crippen LogP contribution < -0.4 is 4.74 Å². The molecule has 1 aliphatic rings. The molecule has 36 heavy (non-hydrogen) atoms. The van der Waals surface area contributed by atoms with Crippen LogP contribution in [0, 0.1) is 5.92 Å². The highest BCUT2D eigenvalue weighted by Crippen LogP contribution is 2.27. The summed E-state index contributed by atoms with van der Waals surface area (Å²) in [5, 5.41) is 9.05. The third-order valence-corrected chi connectivity index (χ3v) is 5.65. The van der Waals surface area contributed by atoms with Crippen LogP contribution in [0.25, 0.3) is 0 Å². The summed E-state index contributed by atoms with van der Waals surface area (Å²) in [4.78, 5) is 58.8. The minimum Gasteiger partial charge on any atom is -0.481 e. The summed E-state index contributed by atoms with van der Waals surface area (Å²) in [6.07, 6.45) is 1.79. The standard InChI is InChI=1S/C26H26O10/c1-2-22(27)33-15-34-24(30)17-3-5-18(6-4-17)25(31)36-21-13-9-19(10-14-21)26(32)35-20-11-7-16(8-12-20)23(28)29/h3-6,9-10,13-14,16,20H,2,7-8,11-12,15H2,1H3,(H,28,29). The van der Waals surface area contributed by atoms with Gasteiger partial charge >= 0.3 is 29.8 Å². The maximum Gasteiger partial charge on any atom is 0.343 e. The van der Waals surface area contributed by atoms with E-state index in [-0.39, 0.29) is 35.0 Å². The van der Waals surface area contributed by atoms with Crippen LogP contribution in [-0.2, 0) is 23.8 Å². The Morgan fingerprint density at radius 1 is 0.750 bits per heavy atom. The summed E-state index contributed by atoms with van der Waals surface area (Å²) in [5.74, 6) is -3.41. The minimum absolute atomic E-state index is 0.165. The lowest BCUT2D eigenvalue weighted by Crippen LogP contribution is -2.27. The Labute approximate surface area is 207 Å². The fraction of sp³-hybridized carbons (Fsp3) is 0.346. The van der Waals surface area contributed by atoms with E-state index in [9.17, 15) is 24.0 Å². The van der Waals surface area contributed by atoms with E-state index in [1.807, 2.05) is 0 Å². The third kappa shape index (κ3) is 7.39. The highest BCUT2D eigenvalue weighted by atomic mass is 16.7. The summed E-state index contributed by atoms with van der Waals surface area (Å²) < 4.78 is 20.3. The van der Waals surface area contributed by atoms with Crippen molar-refractivity contribution in [3.8, 4) is 5.75 Å². The van der Waals surface area contributed by atoms with Crippen molar-refractivity contribution in [2.75, 3.05) is 6.79 Å². The first-order chi connectivity index (χ1) is 17.3. The van der Waals surface area contributed by atoms with Gasteiger partial charge in [-0.15, -0.1) is 0 Å². The Balaban J connectivity index is 1.48. The number of ether oxygens (including phenoxy) is 4. The molecule has 0 aromatic heterocycles. The smallest absolute Gasteiger partial charge is 0.343 e. The van der Waals surface area contributed by atoms with E-state index < -0.39 is 42.6 Å². The quantitative estimate of drug-likeness (QED) is 0.308. The van der Waals surface area contributed by atoms with Gasteiger partial charge in [0.25, 0.3) is 0 Å². The summed E-state index contributed by atoms with van der Waals surface area (Å²) >= 11 is 0. The number of carbonyl (C=O) groups is 5. The predicted octanol–water partition coefficient (Wildman–Crippen LogP) is 3.77. The number of carbonyl (C=O) groups excluding carboxylic acids is 4. The summed E-state index contributed by atoms with van der Waals surface area (Å²) in [6.45, 7) is 1.12. The van der Waals surface area contributed by atoms with Gasteiger partial charge in [-0.05, 0) is 74.2 Å². The lowest BCUT2D eigenvalue weighted by atomic mass is 9.87. The van der Waals surface area contributed by atoms with E-state index in [1.165, 1.54) is 48.5 Å². The van der Waals surface area contributed by atoms with Crippen molar-refractivity contribution in [3.05, 3.63) is 65.2 Å². The van der Waals surface area contributed by atoms with Crippen LogP contribution in [0.5, 0.6) is 5.75 Å². The molecule has 0 atom stereocenters. The fourth-order valence-corrected chi connectivity index (χ4v) is 3.55. The first-order valence-electron chi connectivity index (χ1n) is 11.5. The molecule has 0 saturated heterocycles. The van der Waals surface area contributed by atoms with Crippen molar-refractivity contribution >= 4 is 29.8 Å². The molecule has 0 amide bonds. The normalized spacial score (nSPS) is 16.9. The first-order valence-corrected chi connectivity index (χ1v) is 11.5. The van der Waals surface area contributed by atoms with Gasteiger partial charge in [0.1, 0.15) is 11.9 Å². The Kier molecular flexibility index (Phi) is 9.15. The third-order valence-electron chi connectivity index (χ3n) is 5.65. The van der Waals surface area contributed by atoms with Crippen LogP contribution in [0.2, 0.25) is 0 Å². The van der Waals surface area contributed by atoms with Crippen molar-refractivity contribution in [2.24, 2.45) is 5.92 Å². The largest absolute Gasteiger partial charge is 0.481 e. The molecule has 10 heteroatoms. The summed E-state index contributed by atoms with van der Waals surface area (Å²) in [5.41, 5.74) is 0.630. The van der Waals surface area contributed by atoms with Gasteiger partial charge in [-0.1, -0.05) is 6.92 Å². The molecule has 190 valence electrons. The van der Waals surface area contributed by atoms with Crippen LogP contribution in [0.15, 0.2) is 48.5 Å². The average Bonchev–Trinajstić information content (AvgIpc) is 2.89. The monoisotopic (exact) mass is 498 g/mol. The topological polar surface area (TPSA) is 142 Å². The molecule has 0 heterocycles. The number of carboxylic acids is 1. The Morgan fingerprint density at radius 3 is 1.83 bits per heavy atom. The SMILES string of the molecule is CCC(=O)OCOC(=O)c1ccc(C(=O)Oc2ccc(C(=O)OC3CCC(C(=O)O)CC3)cc2)cc1. The molecule has 0 spiro atoms. The average molecular weight is 498 g/mol. The molecule has 2 aromatic carbocycles. The predicted molar refractivity (Wildman–Crippen MR) is 123 cm³/mol. The van der Waals surface area contributed by atoms with E-state index in [0.717, 1.165) is 0 Å². The van der Waals surface area contributed by atoms with Gasteiger partial charge in [-0.2, -0.15) is 0 Å². The van der Waals surface area contributed by atoms with E-state index in [4.69, 9.17) is 19.3 Å². The van der Waals surface area contributed by atoms with Gasteiger partial charge in [-0.25, -0.2) is 14.4 Å². The molecule has 10 nitrogen and oxygen atoms in total. The fourth-order valence-electron chi connectivity index (χ4n) is 3.55. The van der Waals surface area contributed by atoms with E-state index >= 15 is 0 Å². The van der Waals surface area contributed by atoms with E-state index in [0.29, 0.717) is 25.7 Å². The van der Waals surface area contributed by atoms with Crippen LogP contribution in [0.1, 0.15) is 70.1 Å². The summed E-state index contributed by atoms with van der Waals surface area (Å²) in [6, 6.07) is 11.4. The number of esters is 4. The lowest BCUT2D eigenvalue weighted by molar-refractivity contribution is -0.151. The number of carboxylic acid groups (broad SMARTS) is 1. The molecule has 0 radical (unpaired) electrons. The summed E-state index contributed by atoms with van der Waals surface area (Å²) in [7, 11) is 0. The van der Waals surface area contributed by atoms with Crippen molar-refractivity contribution in [2.45, 2.75) is 45.1 Å². The van der Waals surface area contributed by atoms with Crippen LogP contribution in [0.4, 0.5) is 0 Å². The molecule has 3 rings (SSSR count). The van der Waals surface area contributed by atoms with Gasteiger partial charge < -0.3 is 24.1 Å². The number of hydrogen-bond acceptors (Lipinski definition) is 9.